The Morgan fingerprint density at radius 2 is 2.11 bits per heavy atom. The minimum atomic E-state index is -3.94. The van der Waals surface area contributed by atoms with E-state index in [2.05, 4.69) is 0 Å². The SMILES string of the molecule is CCC(Oc1ccc(C)cc1S(=O)(=O)Cl)C(N)=O. The summed E-state index contributed by atoms with van der Waals surface area (Å²) >= 11 is 0. The van der Waals surface area contributed by atoms with Gasteiger partial charge in [0.15, 0.2) is 6.10 Å². The van der Waals surface area contributed by atoms with Gasteiger partial charge < -0.3 is 10.5 Å². The normalized spacial score (nSPS) is 13.1. The van der Waals surface area contributed by atoms with E-state index in [1.807, 2.05) is 0 Å². The molecule has 0 aliphatic carbocycles. The van der Waals surface area contributed by atoms with Crippen LogP contribution in [-0.4, -0.2) is 20.4 Å². The predicted molar refractivity (Wildman–Crippen MR) is 68.1 cm³/mol. The monoisotopic (exact) mass is 291 g/mol. The van der Waals surface area contributed by atoms with Crippen LogP contribution < -0.4 is 10.5 Å². The number of hydrogen-bond donors (Lipinski definition) is 1. The standard InChI is InChI=1S/C11H14ClNO4S/c1-3-8(11(13)14)17-9-5-4-7(2)6-10(9)18(12,15)16/h4-6,8H,3H2,1-2H3,(H2,13,14). The van der Waals surface area contributed by atoms with Gasteiger partial charge in [0, 0.05) is 10.7 Å². The van der Waals surface area contributed by atoms with Crippen molar-refractivity contribution < 1.29 is 17.9 Å². The maximum atomic E-state index is 11.4. The third-order valence-electron chi connectivity index (χ3n) is 2.32. The van der Waals surface area contributed by atoms with E-state index in [-0.39, 0.29) is 10.6 Å². The summed E-state index contributed by atoms with van der Waals surface area (Å²) in [6.45, 7) is 3.43. The first-order valence-electron chi connectivity index (χ1n) is 5.27. The molecule has 0 aliphatic rings. The van der Waals surface area contributed by atoms with Crippen LogP contribution in [0.2, 0.25) is 0 Å². The third-order valence-corrected chi connectivity index (χ3v) is 3.66. The lowest BCUT2D eigenvalue weighted by molar-refractivity contribution is -0.124. The van der Waals surface area contributed by atoms with Crippen molar-refractivity contribution in [3.05, 3.63) is 23.8 Å². The van der Waals surface area contributed by atoms with E-state index in [0.717, 1.165) is 0 Å². The molecule has 1 aromatic rings. The number of rotatable bonds is 5. The first-order chi connectivity index (χ1) is 8.25. The summed E-state index contributed by atoms with van der Waals surface area (Å²) in [6.07, 6.45) is -0.546. The van der Waals surface area contributed by atoms with Crippen molar-refractivity contribution in [2.24, 2.45) is 5.73 Å². The number of primary amides is 1. The average Bonchev–Trinajstić information content (AvgIpc) is 2.25. The minimum absolute atomic E-state index is 0.0289. The highest BCUT2D eigenvalue weighted by molar-refractivity contribution is 8.13. The van der Waals surface area contributed by atoms with E-state index in [1.54, 1.807) is 19.9 Å². The van der Waals surface area contributed by atoms with Gasteiger partial charge in [0.2, 0.25) is 0 Å². The zero-order chi connectivity index (χ0) is 13.9. The first-order valence-corrected chi connectivity index (χ1v) is 7.58. The summed E-state index contributed by atoms with van der Waals surface area (Å²) < 4.78 is 28.1. The topological polar surface area (TPSA) is 86.5 Å². The Morgan fingerprint density at radius 1 is 1.50 bits per heavy atom. The maximum absolute atomic E-state index is 11.4. The van der Waals surface area contributed by atoms with Crippen molar-refractivity contribution in [2.75, 3.05) is 0 Å². The van der Waals surface area contributed by atoms with Gasteiger partial charge in [-0.25, -0.2) is 8.42 Å². The van der Waals surface area contributed by atoms with Crippen molar-refractivity contribution in [2.45, 2.75) is 31.3 Å². The number of ether oxygens (including phenoxy) is 1. The fraction of sp³-hybridized carbons (Fsp3) is 0.364. The number of nitrogens with two attached hydrogens (primary N) is 1. The molecule has 0 radical (unpaired) electrons. The molecule has 1 unspecified atom stereocenters. The van der Waals surface area contributed by atoms with Crippen molar-refractivity contribution in [1.82, 2.24) is 0 Å². The molecule has 1 rings (SSSR count). The quantitative estimate of drug-likeness (QED) is 0.834. The molecule has 0 spiro atoms. The number of carbonyl (C=O) groups excluding carboxylic acids is 1. The Balaban J connectivity index is 3.21. The van der Waals surface area contributed by atoms with Crippen molar-refractivity contribution in [1.29, 1.82) is 0 Å². The summed E-state index contributed by atoms with van der Waals surface area (Å²) in [5.41, 5.74) is 5.85. The van der Waals surface area contributed by atoms with Crippen LogP contribution >= 0.6 is 10.7 Å². The van der Waals surface area contributed by atoms with E-state index in [0.29, 0.717) is 12.0 Å². The zero-order valence-electron chi connectivity index (χ0n) is 10.0. The molecule has 100 valence electrons. The molecule has 18 heavy (non-hydrogen) atoms. The molecule has 7 heteroatoms. The Kier molecular flexibility index (Phi) is 4.59. The number of hydrogen-bond acceptors (Lipinski definition) is 4. The van der Waals surface area contributed by atoms with Crippen LogP contribution in [0.5, 0.6) is 5.75 Å². The van der Waals surface area contributed by atoms with Crippen LogP contribution in [-0.2, 0) is 13.8 Å². The van der Waals surface area contributed by atoms with E-state index >= 15 is 0 Å². The van der Waals surface area contributed by atoms with Crippen LogP contribution in [0.1, 0.15) is 18.9 Å². The summed E-state index contributed by atoms with van der Waals surface area (Å²) in [7, 11) is 1.38. The van der Waals surface area contributed by atoms with Crippen molar-refractivity contribution >= 4 is 25.6 Å². The second-order valence-electron chi connectivity index (χ2n) is 3.81. The second-order valence-corrected chi connectivity index (χ2v) is 6.34. The van der Waals surface area contributed by atoms with Gasteiger partial charge >= 0.3 is 0 Å². The van der Waals surface area contributed by atoms with Crippen molar-refractivity contribution in [3.63, 3.8) is 0 Å². The lowest BCUT2D eigenvalue weighted by atomic mass is 10.2. The van der Waals surface area contributed by atoms with Crippen LogP contribution in [0, 0.1) is 6.92 Å². The number of aryl methyl sites for hydroxylation is 1. The van der Waals surface area contributed by atoms with Crippen LogP contribution in [0.25, 0.3) is 0 Å². The summed E-state index contributed by atoms with van der Waals surface area (Å²) in [5, 5.41) is 0. The van der Waals surface area contributed by atoms with Crippen LogP contribution in [0.3, 0.4) is 0 Å². The Bertz CT molecular complexity index is 556. The largest absolute Gasteiger partial charge is 0.479 e. The van der Waals surface area contributed by atoms with Crippen LogP contribution in [0.15, 0.2) is 23.1 Å². The molecular weight excluding hydrogens is 278 g/mol. The van der Waals surface area contributed by atoms with Gasteiger partial charge in [0.1, 0.15) is 10.6 Å². The molecule has 0 fully saturated rings. The van der Waals surface area contributed by atoms with E-state index in [9.17, 15) is 13.2 Å². The van der Waals surface area contributed by atoms with Crippen LogP contribution in [0.4, 0.5) is 0 Å². The summed E-state index contributed by atoms with van der Waals surface area (Å²) in [4.78, 5) is 10.9. The molecule has 2 N–H and O–H groups in total. The van der Waals surface area contributed by atoms with Gasteiger partial charge in [-0.1, -0.05) is 13.0 Å². The average molecular weight is 292 g/mol. The lowest BCUT2D eigenvalue weighted by Crippen LogP contribution is -2.33. The lowest BCUT2D eigenvalue weighted by Gasteiger charge is -2.16. The van der Waals surface area contributed by atoms with E-state index in [1.165, 1.54) is 12.1 Å². The number of amides is 1. The molecule has 0 bridgehead atoms. The summed E-state index contributed by atoms with van der Waals surface area (Å²) in [6, 6.07) is 4.50. The highest BCUT2D eigenvalue weighted by atomic mass is 35.7. The highest BCUT2D eigenvalue weighted by Crippen LogP contribution is 2.29. The molecule has 0 aromatic heterocycles. The third kappa shape index (κ3) is 3.61. The molecular formula is C11H14ClNO4S. The zero-order valence-corrected chi connectivity index (χ0v) is 11.6. The van der Waals surface area contributed by atoms with Crippen molar-refractivity contribution in [3.8, 4) is 5.75 Å². The molecule has 1 atom stereocenters. The van der Waals surface area contributed by atoms with E-state index < -0.39 is 21.1 Å². The Morgan fingerprint density at radius 3 is 2.56 bits per heavy atom. The first kappa shape index (κ1) is 14.8. The van der Waals surface area contributed by atoms with Gasteiger partial charge in [-0.2, -0.15) is 0 Å². The number of carbonyl (C=O) groups is 1. The molecule has 0 saturated heterocycles. The molecule has 0 aliphatic heterocycles. The van der Waals surface area contributed by atoms with Gasteiger partial charge in [-0.3, -0.25) is 4.79 Å². The summed E-state index contributed by atoms with van der Waals surface area (Å²) in [5.74, 6) is -0.628. The molecule has 5 nitrogen and oxygen atoms in total. The minimum Gasteiger partial charge on any atom is -0.479 e. The fourth-order valence-electron chi connectivity index (χ4n) is 1.40. The van der Waals surface area contributed by atoms with Gasteiger partial charge in [-0.15, -0.1) is 0 Å². The smallest absolute Gasteiger partial charge is 0.264 e. The van der Waals surface area contributed by atoms with Gasteiger partial charge in [0.05, 0.1) is 0 Å². The van der Waals surface area contributed by atoms with Gasteiger partial charge in [0.25, 0.3) is 15.0 Å². The Labute approximate surface area is 110 Å². The van der Waals surface area contributed by atoms with Gasteiger partial charge in [-0.05, 0) is 31.0 Å². The number of benzene rings is 1. The Hall–Kier alpha value is -1.27. The molecule has 0 heterocycles. The molecule has 1 amide bonds. The fourth-order valence-corrected chi connectivity index (χ4v) is 2.44. The molecule has 0 saturated carbocycles. The number of halogens is 1. The maximum Gasteiger partial charge on any atom is 0.264 e. The second kappa shape index (κ2) is 5.58. The highest BCUT2D eigenvalue weighted by Gasteiger charge is 2.21. The molecule has 1 aromatic carbocycles. The predicted octanol–water partition coefficient (Wildman–Crippen LogP) is 1.57. The van der Waals surface area contributed by atoms with E-state index in [4.69, 9.17) is 21.2 Å².